The third kappa shape index (κ3) is 3.93. The molecule has 0 saturated heterocycles. The summed E-state index contributed by atoms with van der Waals surface area (Å²) in [5.41, 5.74) is 4.92. The number of carbonyl (C=O) groups is 1. The van der Waals surface area contributed by atoms with E-state index in [-0.39, 0.29) is 0 Å². The molecule has 0 saturated carbocycles. The first-order chi connectivity index (χ1) is 9.79. The normalized spacial score (nSPS) is 11.1. The van der Waals surface area contributed by atoms with Crippen LogP contribution in [0.2, 0.25) is 0 Å². The lowest BCUT2D eigenvalue weighted by atomic mass is 10.0. The molecule has 0 atom stereocenters. The lowest BCUT2D eigenvalue weighted by Crippen LogP contribution is -2.14. The van der Waals surface area contributed by atoms with E-state index < -0.39 is 5.91 Å². The van der Waals surface area contributed by atoms with E-state index in [9.17, 15) is 4.79 Å². The van der Waals surface area contributed by atoms with Crippen LogP contribution in [0, 0.1) is 0 Å². The van der Waals surface area contributed by atoms with Gasteiger partial charge in [0.1, 0.15) is 0 Å². The van der Waals surface area contributed by atoms with Crippen LogP contribution >= 0.6 is 0 Å². The maximum Gasteiger partial charge on any atom is 0.267 e. The van der Waals surface area contributed by atoms with Crippen molar-refractivity contribution in [3.8, 4) is 11.1 Å². The molecular formula is C17H15NO2. The summed E-state index contributed by atoms with van der Waals surface area (Å²) in [7, 11) is 0. The number of carbonyl (C=O) groups excluding carboxylic acids is 1. The summed E-state index contributed by atoms with van der Waals surface area (Å²) < 4.78 is 0. The molecular weight excluding hydrogens is 250 g/mol. The van der Waals surface area contributed by atoms with E-state index in [0.29, 0.717) is 0 Å². The van der Waals surface area contributed by atoms with Gasteiger partial charge in [-0.3, -0.25) is 10.0 Å². The molecule has 2 aromatic rings. The van der Waals surface area contributed by atoms with E-state index in [1.807, 2.05) is 36.4 Å². The van der Waals surface area contributed by atoms with Crippen LogP contribution in [0.3, 0.4) is 0 Å². The second-order valence-corrected chi connectivity index (χ2v) is 4.18. The van der Waals surface area contributed by atoms with Gasteiger partial charge in [-0.15, -0.1) is 0 Å². The summed E-state index contributed by atoms with van der Waals surface area (Å²) in [6.45, 7) is 0. The predicted octanol–water partition coefficient (Wildman–Crippen LogP) is 3.43. The van der Waals surface area contributed by atoms with Crippen LogP contribution in [0.4, 0.5) is 0 Å². The third-order valence-corrected chi connectivity index (χ3v) is 2.78. The number of amides is 1. The van der Waals surface area contributed by atoms with E-state index in [2.05, 4.69) is 24.3 Å². The molecule has 0 fully saturated rings. The molecule has 0 aliphatic carbocycles. The van der Waals surface area contributed by atoms with Crippen LogP contribution < -0.4 is 5.48 Å². The van der Waals surface area contributed by atoms with Crippen molar-refractivity contribution >= 4 is 12.0 Å². The van der Waals surface area contributed by atoms with Crippen molar-refractivity contribution in [2.24, 2.45) is 0 Å². The largest absolute Gasteiger partial charge is 0.288 e. The zero-order chi connectivity index (χ0) is 14.2. The minimum absolute atomic E-state index is 0.547. The van der Waals surface area contributed by atoms with Crippen LogP contribution in [0.1, 0.15) is 5.56 Å². The maximum atomic E-state index is 10.7. The van der Waals surface area contributed by atoms with Crippen LogP contribution in [-0.4, -0.2) is 11.1 Å². The number of hydroxylamine groups is 1. The number of benzene rings is 2. The minimum atomic E-state index is -0.547. The summed E-state index contributed by atoms with van der Waals surface area (Å²) in [5.74, 6) is -0.547. The highest BCUT2D eigenvalue weighted by molar-refractivity contribution is 5.86. The molecule has 0 bridgehead atoms. The van der Waals surface area contributed by atoms with Crippen LogP contribution in [-0.2, 0) is 4.79 Å². The Kier molecular flexibility index (Phi) is 4.87. The van der Waals surface area contributed by atoms with E-state index in [0.717, 1.165) is 11.1 Å². The van der Waals surface area contributed by atoms with Gasteiger partial charge in [-0.2, -0.15) is 0 Å². The minimum Gasteiger partial charge on any atom is -0.288 e. The topological polar surface area (TPSA) is 49.3 Å². The SMILES string of the molecule is O=C(/C=C/C=C/c1ccc(-c2ccccc2)cc1)NO. The van der Waals surface area contributed by atoms with E-state index in [1.165, 1.54) is 17.1 Å². The van der Waals surface area contributed by atoms with Crippen LogP contribution in [0.25, 0.3) is 17.2 Å². The quantitative estimate of drug-likeness (QED) is 0.385. The molecule has 100 valence electrons. The number of allylic oxidation sites excluding steroid dienone is 2. The Balaban J connectivity index is 2.04. The lowest BCUT2D eigenvalue weighted by molar-refractivity contribution is -0.124. The molecule has 0 aliphatic rings. The van der Waals surface area contributed by atoms with Gasteiger partial charge in [0, 0.05) is 6.08 Å². The lowest BCUT2D eigenvalue weighted by Gasteiger charge is -2.01. The molecule has 0 radical (unpaired) electrons. The molecule has 0 aromatic heterocycles. The maximum absolute atomic E-state index is 10.7. The monoisotopic (exact) mass is 265 g/mol. The van der Waals surface area contributed by atoms with Gasteiger partial charge in [-0.05, 0) is 16.7 Å². The summed E-state index contributed by atoms with van der Waals surface area (Å²) in [6, 6.07) is 18.3. The summed E-state index contributed by atoms with van der Waals surface area (Å²) in [5, 5.41) is 8.32. The number of nitrogens with one attached hydrogen (secondary N) is 1. The Bertz CT molecular complexity index is 613. The fourth-order valence-corrected chi connectivity index (χ4v) is 1.76. The average molecular weight is 265 g/mol. The third-order valence-electron chi connectivity index (χ3n) is 2.78. The van der Waals surface area contributed by atoms with Gasteiger partial charge in [0.2, 0.25) is 0 Å². The second kappa shape index (κ2) is 7.07. The van der Waals surface area contributed by atoms with Crippen LogP contribution in [0.5, 0.6) is 0 Å². The standard InChI is InChI=1S/C17H15NO2/c19-17(18-20)9-5-4-6-14-10-12-16(13-11-14)15-7-2-1-3-8-15/h1-13,20H,(H,18,19)/b6-4+,9-5+. The molecule has 3 heteroatoms. The molecule has 2 N–H and O–H groups in total. The highest BCUT2D eigenvalue weighted by Crippen LogP contribution is 2.19. The first-order valence-corrected chi connectivity index (χ1v) is 6.24. The van der Waals surface area contributed by atoms with Crippen molar-refractivity contribution in [2.45, 2.75) is 0 Å². The molecule has 2 rings (SSSR count). The Morgan fingerprint density at radius 3 is 2.20 bits per heavy atom. The Morgan fingerprint density at radius 1 is 0.900 bits per heavy atom. The Morgan fingerprint density at radius 2 is 1.55 bits per heavy atom. The van der Waals surface area contributed by atoms with Gasteiger partial charge >= 0.3 is 0 Å². The molecule has 1 amide bonds. The number of rotatable bonds is 4. The number of hydrogen-bond donors (Lipinski definition) is 2. The second-order valence-electron chi connectivity index (χ2n) is 4.18. The first-order valence-electron chi connectivity index (χ1n) is 6.24. The molecule has 0 heterocycles. The highest BCUT2D eigenvalue weighted by Gasteiger charge is 1.95. The molecule has 0 unspecified atom stereocenters. The smallest absolute Gasteiger partial charge is 0.267 e. The molecule has 0 spiro atoms. The molecule has 0 aliphatic heterocycles. The van der Waals surface area contributed by atoms with Gasteiger partial charge in [-0.1, -0.05) is 72.8 Å². The number of hydrogen-bond acceptors (Lipinski definition) is 2. The van der Waals surface area contributed by atoms with Gasteiger partial charge in [0.05, 0.1) is 0 Å². The van der Waals surface area contributed by atoms with E-state index in [4.69, 9.17) is 5.21 Å². The van der Waals surface area contributed by atoms with Gasteiger partial charge in [0.25, 0.3) is 5.91 Å². The van der Waals surface area contributed by atoms with Crippen molar-refractivity contribution in [3.05, 3.63) is 78.4 Å². The van der Waals surface area contributed by atoms with Crippen molar-refractivity contribution in [1.29, 1.82) is 0 Å². The summed E-state index contributed by atoms with van der Waals surface area (Å²) >= 11 is 0. The van der Waals surface area contributed by atoms with Crippen molar-refractivity contribution in [3.63, 3.8) is 0 Å². The van der Waals surface area contributed by atoms with E-state index >= 15 is 0 Å². The van der Waals surface area contributed by atoms with Gasteiger partial charge in [0.15, 0.2) is 0 Å². The van der Waals surface area contributed by atoms with Crippen molar-refractivity contribution in [2.75, 3.05) is 0 Å². The Hall–Kier alpha value is -2.65. The zero-order valence-electron chi connectivity index (χ0n) is 10.9. The van der Waals surface area contributed by atoms with Crippen molar-refractivity contribution in [1.82, 2.24) is 5.48 Å². The Labute approximate surface area is 117 Å². The fraction of sp³-hybridized carbons (Fsp3) is 0. The van der Waals surface area contributed by atoms with E-state index in [1.54, 1.807) is 12.2 Å². The molecule has 3 nitrogen and oxygen atoms in total. The van der Waals surface area contributed by atoms with Crippen LogP contribution in [0.15, 0.2) is 72.8 Å². The first kappa shape index (κ1) is 13.8. The highest BCUT2D eigenvalue weighted by atomic mass is 16.5. The predicted molar refractivity (Wildman–Crippen MR) is 80.0 cm³/mol. The summed E-state index contributed by atoms with van der Waals surface area (Å²) in [6.07, 6.45) is 6.44. The van der Waals surface area contributed by atoms with Gasteiger partial charge < -0.3 is 0 Å². The fourth-order valence-electron chi connectivity index (χ4n) is 1.76. The zero-order valence-corrected chi connectivity index (χ0v) is 10.9. The summed E-state index contributed by atoms with van der Waals surface area (Å²) in [4.78, 5) is 10.7. The van der Waals surface area contributed by atoms with Crippen molar-refractivity contribution < 1.29 is 10.0 Å². The van der Waals surface area contributed by atoms with Gasteiger partial charge in [-0.25, -0.2) is 5.48 Å². The molecule has 20 heavy (non-hydrogen) atoms. The molecule has 2 aromatic carbocycles. The average Bonchev–Trinajstić information content (AvgIpc) is 2.52.